The first-order chi connectivity index (χ1) is 16.5. The molecule has 1 aromatic heterocycles. The molecule has 9 nitrogen and oxygen atoms in total. The van der Waals surface area contributed by atoms with Gasteiger partial charge >= 0.3 is 0 Å². The minimum absolute atomic E-state index is 0.0488. The molecule has 1 saturated carbocycles. The molecular formula is C25H31N5O4. The van der Waals surface area contributed by atoms with Gasteiger partial charge in [-0.2, -0.15) is 5.10 Å². The van der Waals surface area contributed by atoms with Crippen LogP contribution in [-0.2, 0) is 29.6 Å². The van der Waals surface area contributed by atoms with Crippen molar-refractivity contribution in [1.29, 1.82) is 0 Å². The Balaban J connectivity index is 1.25. The predicted molar refractivity (Wildman–Crippen MR) is 124 cm³/mol. The van der Waals surface area contributed by atoms with E-state index in [4.69, 9.17) is 4.74 Å². The second-order valence-corrected chi connectivity index (χ2v) is 9.44. The topological polar surface area (TPSA) is 96.8 Å². The van der Waals surface area contributed by atoms with Gasteiger partial charge in [0.05, 0.1) is 5.92 Å². The number of benzene rings is 1. The summed E-state index contributed by atoms with van der Waals surface area (Å²) in [7, 11) is 1.84. The minimum Gasteiger partial charge on any atom is -0.484 e. The first-order valence-corrected chi connectivity index (χ1v) is 12.1. The average molecular weight is 466 g/mol. The van der Waals surface area contributed by atoms with Gasteiger partial charge in [-0.05, 0) is 37.8 Å². The summed E-state index contributed by atoms with van der Waals surface area (Å²) in [4.78, 5) is 42.3. The van der Waals surface area contributed by atoms with E-state index in [2.05, 4.69) is 10.4 Å². The van der Waals surface area contributed by atoms with Crippen LogP contribution >= 0.6 is 0 Å². The summed E-state index contributed by atoms with van der Waals surface area (Å²) in [5, 5.41) is 7.60. The Bertz CT molecular complexity index is 1080. The minimum atomic E-state index is -0.175. The molecule has 0 radical (unpaired) electrons. The van der Waals surface area contributed by atoms with Crippen LogP contribution in [0.15, 0.2) is 30.3 Å². The summed E-state index contributed by atoms with van der Waals surface area (Å²) in [5.41, 5.74) is 2.18. The van der Waals surface area contributed by atoms with Gasteiger partial charge in [0.15, 0.2) is 12.3 Å². The largest absolute Gasteiger partial charge is 0.484 e. The Hall–Kier alpha value is -3.36. The molecule has 180 valence electrons. The van der Waals surface area contributed by atoms with Crippen molar-refractivity contribution in [2.45, 2.75) is 44.7 Å². The second-order valence-electron chi connectivity index (χ2n) is 9.44. The maximum Gasteiger partial charge on any atom is 0.274 e. The van der Waals surface area contributed by atoms with Crippen LogP contribution in [0.1, 0.15) is 47.4 Å². The summed E-state index contributed by atoms with van der Waals surface area (Å²) in [5.74, 6) is 0.252. The Kier molecular flexibility index (Phi) is 6.26. The summed E-state index contributed by atoms with van der Waals surface area (Å²) >= 11 is 0. The van der Waals surface area contributed by atoms with E-state index in [1.165, 1.54) is 0 Å². The van der Waals surface area contributed by atoms with Gasteiger partial charge < -0.3 is 19.9 Å². The van der Waals surface area contributed by atoms with E-state index in [1.807, 2.05) is 37.4 Å². The number of aryl methyl sites for hydroxylation is 1. The Morgan fingerprint density at radius 1 is 1.09 bits per heavy atom. The van der Waals surface area contributed by atoms with E-state index < -0.39 is 0 Å². The third-order valence-corrected chi connectivity index (χ3v) is 6.91. The van der Waals surface area contributed by atoms with Gasteiger partial charge in [-0.15, -0.1) is 0 Å². The number of carbonyl (C=O) groups is 3. The smallest absolute Gasteiger partial charge is 0.274 e. The van der Waals surface area contributed by atoms with Gasteiger partial charge in [-0.25, -0.2) is 0 Å². The number of nitrogens with zero attached hydrogens (tertiary/aromatic N) is 4. The van der Waals surface area contributed by atoms with Crippen LogP contribution in [0.25, 0.3) is 0 Å². The Morgan fingerprint density at radius 3 is 2.65 bits per heavy atom. The van der Waals surface area contributed by atoms with Crippen molar-refractivity contribution >= 4 is 17.7 Å². The van der Waals surface area contributed by atoms with Crippen LogP contribution in [0.3, 0.4) is 0 Å². The fraction of sp³-hybridized carbons (Fsp3) is 0.520. The molecule has 2 fully saturated rings. The van der Waals surface area contributed by atoms with E-state index in [0.717, 1.165) is 36.9 Å². The fourth-order valence-corrected chi connectivity index (χ4v) is 4.80. The molecule has 1 N–H and O–H groups in total. The van der Waals surface area contributed by atoms with Crippen molar-refractivity contribution < 1.29 is 19.1 Å². The molecule has 1 atom stereocenters. The highest BCUT2D eigenvalue weighted by Gasteiger charge is 2.35. The number of rotatable bonds is 6. The number of nitrogens with one attached hydrogen (secondary N) is 1. The SMILES string of the molecule is Cn1nc(C(=O)N2CCC[C@H](C(=O)NC3CC3)C2)c2c1CCN(C(=O)COc1ccccc1)C2. The average Bonchev–Trinajstić information content (AvgIpc) is 3.63. The number of likely N-dealkylation sites (tertiary alicyclic amines) is 1. The van der Waals surface area contributed by atoms with Gasteiger partial charge in [-0.1, -0.05) is 18.2 Å². The monoisotopic (exact) mass is 465 g/mol. The quantitative estimate of drug-likeness (QED) is 0.698. The number of hydrogen-bond acceptors (Lipinski definition) is 5. The lowest BCUT2D eigenvalue weighted by molar-refractivity contribution is -0.134. The molecule has 0 unspecified atom stereocenters. The molecular weight excluding hydrogens is 434 g/mol. The number of ether oxygens (including phenoxy) is 1. The zero-order valence-electron chi connectivity index (χ0n) is 19.5. The Morgan fingerprint density at radius 2 is 1.88 bits per heavy atom. The van der Waals surface area contributed by atoms with E-state index in [9.17, 15) is 14.4 Å². The molecule has 3 amide bonds. The van der Waals surface area contributed by atoms with Gasteiger partial charge in [0.25, 0.3) is 11.8 Å². The van der Waals surface area contributed by atoms with Crippen LogP contribution in [0.2, 0.25) is 0 Å². The molecule has 2 aliphatic heterocycles. The molecule has 1 aliphatic carbocycles. The van der Waals surface area contributed by atoms with Gasteiger partial charge in [-0.3, -0.25) is 19.1 Å². The highest BCUT2D eigenvalue weighted by molar-refractivity contribution is 5.95. The molecule has 1 saturated heterocycles. The number of hydrogen-bond donors (Lipinski definition) is 1. The van der Waals surface area contributed by atoms with Crippen molar-refractivity contribution in [3.63, 3.8) is 0 Å². The lowest BCUT2D eigenvalue weighted by atomic mass is 9.96. The second kappa shape index (κ2) is 9.48. The fourth-order valence-electron chi connectivity index (χ4n) is 4.80. The molecule has 0 bridgehead atoms. The van der Waals surface area contributed by atoms with Crippen LogP contribution in [0, 0.1) is 5.92 Å². The standard InChI is InChI=1S/C25H31N5O4/c1-28-21-11-13-29(22(31)16-34-19-7-3-2-4-8-19)15-20(21)23(27-28)25(33)30-12-5-6-17(14-30)24(32)26-18-9-10-18/h2-4,7-8,17-18H,5-6,9-16H2,1H3,(H,26,32)/t17-/m0/s1. The lowest BCUT2D eigenvalue weighted by Crippen LogP contribution is -2.46. The number of carbonyl (C=O) groups excluding carboxylic acids is 3. The molecule has 0 spiro atoms. The number of amides is 3. The highest BCUT2D eigenvalue weighted by Crippen LogP contribution is 2.26. The summed E-state index contributed by atoms with van der Waals surface area (Å²) in [6, 6.07) is 9.57. The first-order valence-electron chi connectivity index (χ1n) is 12.1. The maximum atomic E-state index is 13.5. The van der Waals surface area contributed by atoms with Crippen molar-refractivity contribution in [3.05, 3.63) is 47.3 Å². The Labute approximate surface area is 199 Å². The van der Waals surface area contributed by atoms with E-state index in [-0.39, 0.29) is 30.2 Å². The van der Waals surface area contributed by atoms with Crippen molar-refractivity contribution in [3.8, 4) is 5.75 Å². The molecule has 3 aliphatic rings. The van der Waals surface area contributed by atoms with Crippen molar-refractivity contribution in [2.75, 3.05) is 26.2 Å². The number of aromatic nitrogens is 2. The number of piperidine rings is 1. The van der Waals surface area contributed by atoms with Crippen LogP contribution in [0.4, 0.5) is 0 Å². The van der Waals surface area contributed by atoms with Crippen LogP contribution in [0.5, 0.6) is 5.75 Å². The molecule has 9 heteroatoms. The van der Waals surface area contributed by atoms with E-state index in [1.54, 1.807) is 14.5 Å². The van der Waals surface area contributed by atoms with Crippen LogP contribution < -0.4 is 10.1 Å². The van der Waals surface area contributed by atoms with E-state index in [0.29, 0.717) is 50.1 Å². The van der Waals surface area contributed by atoms with E-state index >= 15 is 0 Å². The van der Waals surface area contributed by atoms with Crippen molar-refractivity contribution in [1.82, 2.24) is 24.9 Å². The molecule has 34 heavy (non-hydrogen) atoms. The third-order valence-electron chi connectivity index (χ3n) is 6.91. The lowest BCUT2D eigenvalue weighted by Gasteiger charge is -2.32. The summed E-state index contributed by atoms with van der Waals surface area (Å²) in [6.45, 7) is 1.87. The van der Waals surface area contributed by atoms with Gasteiger partial charge in [0, 0.05) is 56.9 Å². The zero-order valence-corrected chi connectivity index (χ0v) is 19.5. The van der Waals surface area contributed by atoms with Crippen molar-refractivity contribution in [2.24, 2.45) is 13.0 Å². The normalized spacial score (nSPS) is 20.0. The molecule has 3 heterocycles. The number of fused-ring (bicyclic) bond motifs is 1. The van der Waals surface area contributed by atoms with Crippen LogP contribution in [-0.4, -0.2) is 69.6 Å². The maximum absolute atomic E-state index is 13.5. The zero-order chi connectivity index (χ0) is 23.7. The molecule has 5 rings (SSSR count). The first kappa shape index (κ1) is 22.4. The molecule has 2 aromatic rings. The predicted octanol–water partition coefficient (Wildman–Crippen LogP) is 1.51. The summed E-state index contributed by atoms with van der Waals surface area (Å²) in [6.07, 6.45) is 4.33. The third kappa shape index (κ3) is 4.78. The highest BCUT2D eigenvalue weighted by atomic mass is 16.5. The summed E-state index contributed by atoms with van der Waals surface area (Å²) < 4.78 is 7.38. The van der Waals surface area contributed by atoms with Gasteiger partial charge in [0.2, 0.25) is 5.91 Å². The van der Waals surface area contributed by atoms with Gasteiger partial charge in [0.1, 0.15) is 5.75 Å². The number of para-hydroxylation sites is 1. The molecule has 1 aromatic carbocycles.